The number of nitrogens with zero attached hydrogens (tertiary/aromatic N) is 3. The van der Waals surface area contributed by atoms with Gasteiger partial charge >= 0.3 is 0 Å². The summed E-state index contributed by atoms with van der Waals surface area (Å²) in [6.45, 7) is 7.80. The lowest BCUT2D eigenvalue weighted by atomic mass is 10.1. The topological polar surface area (TPSA) is 71.0 Å². The van der Waals surface area contributed by atoms with Crippen LogP contribution in [0, 0.1) is 0 Å². The number of anilines is 2. The second-order valence-corrected chi connectivity index (χ2v) is 10.8. The number of ether oxygens (including phenoxy) is 2. The third-order valence-electron chi connectivity index (χ3n) is 6.88. The number of fused-ring (bicyclic) bond motifs is 3. The van der Waals surface area contributed by atoms with Gasteiger partial charge in [0.15, 0.2) is 0 Å². The fourth-order valence-electron chi connectivity index (χ4n) is 4.76. The highest BCUT2D eigenvalue weighted by atomic mass is 35.5. The Morgan fingerprint density at radius 2 is 2.05 bits per heavy atom. The van der Waals surface area contributed by atoms with E-state index in [1.807, 2.05) is 24.4 Å². The zero-order valence-corrected chi connectivity index (χ0v) is 22.9. The van der Waals surface area contributed by atoms with Crippen LogP contribution in [0.4, 0.5) is 11.5 Å². The average molecular weight is 548 g/mol. The number of hydrogen-bond donors (Lipinski definition) is 2. The van der Waals surface area contributed by atoms with Crippen LogP contribution < -0.4 is 15.4 Å². The van der Waals surface area contributed by atoms with E-state index >= 15 is 0 Å². The van der Waals surface area contributed by atoms with E-state index in [9.17, 15) is 0 Å². The normalized spacial score (nSPS) is 16.6. The van der Waals surface area contributed by atoms with Crippen molar-refractivity contribution in [3.05, 3.63) is 70.2 Å². The first kappa shape index (κ1) is 25.1. The largest absolute Gasteiger partial charge is 0.492 e. The van der Waals surface area contributed by atoms with Crippen molar-refractivity contribution in [1.29, 1.82) is 0 Å². The van der Waals surface area contributed by atoms with E-state index in [0.29, 0.717) is 11.6 Å². The molecule has 7 nitrogen and oxygen atoms in total. The molecule has 0 atom stereocenters. The smallest absolute Gasteiger partial charge is 0.139 e. The monoisotopic (exact) mass is 547 g/mol. The predicted octanol–water partition coefficient (Wildman–Crippen LogP) is 6.20. The summed E-state index contributed by atoms with van der Waals surface area (Å²) in [5.41, 5.74) is 3.92. The summed E-state index contributed by atoms with van der Waals surface area (Å²) in [5, 5.41) is 11.8. The Kier molecular flexibility index (Phi) is 7.47. The fourth-order valence-corrected chi connectivity index (χ4v) is 5.85. The first-order chi connectivity index (χ1) is 18.7. The number of aliphatic imine (C=N–C) groups is 1. The van der Waals surface area contributed by atoms with Crippen LogP contribution in [-0.2, 0) is 4.74 Å². The van der Waals surface area contributed by atoms with Gasteiger partial charge in [-0.2, -0.15) is 0 Å². The molecule has 2 aromatic carbocycles. The Bertz CT molecular complexity index is 1530. The third-order valence-corrected chi connectivity index (χ3v) is 8.16. The molecule has 6 rings (SSSR count). The number of pyridine rings is 1. The second kappa shape index (κ2) is 11.3. The molecule has 0 aliphatic carbocycles. The number of morpholine rings is 1. The number of nitrogens with one attached hydrogen (secondary N) is 2. The van der Waals surface area contributed by atoms with Crippen LogP contribution in [0.25, 0.3) is 21.0 Å². The minimum absolute atomic E-state index is 0.608. The van der Waals surface area contributed by atoms with Crippen LogP contribution in [0.2, 0.25) is 5.02 Å². The van der Waals surface area contributed by atoms with E-state index in [4.69, 9.17) is 31.1 Å². The summed E-state index contributed by atoms with van der Waals surface area (Å²) >= 11 is 8.34. The molecule has 2 aliphatic rings. The molecule has 2 aromatic heterocycles. The van der Waals surface area contributed by atoms with Gasteiger partial charge in [-0.3, -0.25) is 9.89 Å². The van der Waals surface area contributed by atoms with Crippen molar-refractivity contribution in [3.63, 3.8) is 0 Å². The molecular weight excluding hydrogens is 518 g/mol. The molecular formula is C29H30ClN5O2S. The second-order valence-electron chi connectivity index (χ2n) is 9.51. The van der Waals surface area contributed by atoms with Gasteiger partial charge in [0.1, 0.15) is 24.0 Å². The van der Waals surface area contributed by atoms with Gasteiger partial charge in [-0.15, -0.1) is 11.3 Å². The van der Waals surface area contributed by atoms with Gasteiger partial charge in [-0.25, -0.2) is 4.98 Å². The Labute approximate surface area is 231 Å². The summed E-state index contributed by atoms with van der Waals surface area (Å²) in [6.07, 6.45) is 2.98. The van der Waals surface area contributed by atoms with Crippen LogP contribution in [0.15, 0.2) is 64.6 Å². The number of rotatable bonds is 7. The van der Waals surface area contributed by atoms with Crippen molar-refractivity contribution in [2.45, 2.75) is 13.3 Å². The van der Waals surface area contributed by atoms with Gasteiger partial charge < -0.3 is 20.1 Å². The zero-order valence-electron chi connectivity index (χ0n) is 21.3. The van der Waals surface area contributed by atoms with E-state index in [0.717, 1.165) is 90.8 Å². The lowest BCUT2D eigenvalue weighted by Gasteiger charge is -2.26. The number of benzene rings is 2. The van der Waals surface area contributed by atoms with Crippen molar-refractivity contribution >= 4 is 61.3 Å². The van der Waals surface area contributed by atoms with E-state index in [2.05, 4.69) is 52.1 Å². The molecule has 0 saturated carbocycles. The van der Waals surface area contributed by atoms with Crippen LogP contribution in [0.3, 0.4) is 0 Å². The molecule has 0 bridgehead atoms. The number of para-hydroxylation sites is 1. The summed E-state index contributed by atoms with van der Waals surface area (Å²) in [5.74, 6) is 2.37. The molecule has 2 N–H and O–H groups in total. The minimum Gasteiger partial charge on any atom is -0.492 e. The number of halogens is 1. The third kappa shape index (κ3) is 5.35. The lowest BCUT2D eigenvalue weighted by molar-refractivity contribution is 0.0322. The Hall–Kier alpha value is -3.17. The number of hydrogen-bond acceptors (Lipinski definition) is 8. The van der Waals surface area contributed by atoms with Crippen molar-refractivity contribution in [2.75, 3.05) is 51.3 Å². The maximum absolute atomic E-state index is 6.63. The molecule has 0 spiro atoms. The Morgan fingerprint density at radius 3 is 2.95 bits per heavy atom. The SMILES string of the molecule is CC1=CNC(c2cccc3c2nc(Nc2cc(OCCN4CCOCC4)ccc2Cl)c2ccsc23)=NCC1. The van der Waals surface area contributed by atoms with Crippen LogP contribution in [0.5, 0.6) is 5.75 Å². The quantitative estimate of drug-likeness (QED) is 0.287. The standard InChI is InChI=1S/C29H30ClN5O2S/c1-19-7-9-31-28(32-18-19)22-4-2-3-21-26(22)34-29(23-8-16-38-27(21)23)33-25-17-20(5-6-24(25)30)37-15-12-35-10-13-36-14-11-35/h2-6,8,16-18H,7,9-15H2,1H3,(H,31,32)(H,33,34). The summed E-state index contributed by atoms with van der Waals surface area (Å²) < 4.78 is 12.7. The first-order valence-electron chi connectivity index (χ1n) is 12.9. The van der Waals surface area contributed by atoms with Crippen LogP contribution in [-0.4, -0.2) is 61.7 Å². The average Bonchev–Trinajstić information content (AvgIpc) is 3.34. The summed E-state index contributed by atoms with van der Waals surface area (Å²) in [4.78, 5) is 12.3. The molecule has 1 saturated heterocycles. The molecule has 4 heterocycles. The van der Waals surface area contributed by atoms with E-state index < -0.39 is 0 Å². The molecule has 9 heteroatoms. The van der Waals surface area contributed by atoms with Gasteiger partial charge in [0, 0.05) is 59.5 Å². The molecule has 2 aliphatic heterocycles. The van der Waals surface area contributed by atoms with Crippen LogP contribution in [0.1, 0.15) is 18.9 Å². The van der Waals surface area contributed by atoms with E-state index in [1.54, 1.807) is 11.3 Å². The van der Waals surface area contributed by atoms with E-state index in [-0.39, 0.29) is 0 Å². The van der Waals surface area contributed by atoms with Crippen molar-refractivity contribution in [2.24, 2.45) is 4.99 Å². The van der Waals surface area contributed by atoms with Crippen molar-refractivity contribution in [1.82, 2.24) is 15.2 Å². The minimum atomic E-state index is 0.608. The van der Waals surface area contributed by atoms with Crippen molar-refractivity contribution in [3.8, 4) is 5.75 Å². The highest BCUT2D eigenvalue weighted by molar-refractivity contribution is 7.18. The number of amidine groups is 1. The van der Waals surface area contributed by atoms with Gasteiger partial charge in [-0.05, 0) is 43.0 Å². The van der Waals surface area contributed by atoms with Crippen LogP contribution >= 0.6 is 22.9 Å². The lowest BCUT2D eigenvalue weighted by Crippen LogP contribution is -2.38. The summed E-state index contributed by atoms with van der Waals surface area (Å²) in [7, 11) is 0. The molecule has 1 fully saturated rings. The van der Waals surface area contributed by atoms with Gasteiger partial charge in [0.05, 0.1) is 29.4 Å². The fraction of sp³-hybridized carbons (Fsp3) is 0.310. The molecule has 4 aromatic rings. The maximum Gasteiger partial charge on any atom is 0.139 e. The van der Waals surface area contributed by atoms with E-state index in [1.165, 1.54) is 10.3 Å². The maximum atomic E-state index is 6.63. The number of aromatic nitrogens is 1. The number of thiophene rings is 1. The highest BCUT2D eigenvalue weighted by Gasteiger charge is 2.17. The first-order valence-corrected chi connectivity index (χ1v) is 14.2. The summed E-state index contributed by atoms with van der Waals surface area (Å²) in [6, 6.07) is 14.1. The van der Waals surface area contributed by atoms with Crippen molar-refractivity contribution < 1.29 is 9.47 Å². The zero-order chi connectivity index (χ0) is 25.9. The molecule has 0 amide bonds. The van der Waals surface area contributed by atoms with Gasteiger partial charge in [0.2, 0.25) is 0 Å². The molecule has 0 radical (unpaired) electrons. The Morgan fingerprint density at radius 1 is 1.16 bits per heavy atom. The van der Waals surface area contributed by atoms with Gasteiger partial charge in [0.25, 0.3) is 0 Å². The molecule has 196 valence electrons. The molecule has 38 heavy (non-hydrogen) atoms. The Balaban J connectivity index is 1.31. The highest BCUT2D eigenvalue weighted by Crippen LogP contribution is 2.38. The van der Waals surface area contributed by atoms with Gasteiger partial charge in [-0.1, -0.05) is 29.3 Å². The molecule has 0 unspecified atom stereocenters. The predicted molar refractivity (Wildman–Crippen MR) is 158 cm³/mol.